The van der Waals surface area contributed by atoms with Crippen molar-refractivity contribution in [3.63, 3.8) is 0 Å². The maximum atomic E-state index is 12.4. The summed E-state index contributed by atoms with van der Waals surface area (Å²) < 4.78 is 37.1. The zero-order valence-electron chi connectivity index (χ0n) is 7.60. The van der Waals surface area contributed by atoms with E-state index in [2.05, 4.69) is 16.8 Å². The quantitative estimate of drug-likeness (QED) is 0.634. The standard InChI is InChI=1S/C9H8F3N3/c10-9(11,12)7-4-6(2-1-3-13)5-15-8(7)14/h4-5H,3,13H2,(H2,14,15). The number of nitrogen functional groups attached to an aromatic ring is 1. The number of nitrogens with zero attached hydrogens (tertiary/aromatic N) is 1. The van der Waals surface area contributed by atoms with Gasteiger partial charge in [0.15, 0.2) is 0 Å². The molecule has 0 saturated carbocycles. The summed E-state index contributed by atoms with van der Waals surface area (Å²) in [6.45, 7) is 0.0751. The van der Waals surface area contributed by atoms with Crippen molar-refractivity contribution < 1.29 is 13.2 Å². The Labute approximate surface area is 84.3 Å². The van der Waals surface area contributed by atoms with E-state index in [0.717, 1.165) is 6.07 Å². The van der Waals surface area contributed by atoms with Crippen molar-refractivity contribution in [1.82, 2.24) is 4.98 Å². The second kappa shape index (κ2) is 4.19. The van der Waals surface area contributed by atoms with Crippen LogP contribution in [0, 0.1) is 11.8 Å². The molecule has 0 fully saturated rings. The third kappa shape index (κ3) is 2.86. The van der Waals surface area contributed by atoms with E-state index in [4.69, 9.17) is 11.5 Å². The van der Waals surface area contributed by atoms with Gasteiger partial charge in [0, 0.05) is 11.8 Å². The molecule has 0 aliphatic rings. The molecule has 0 spiro atoms. The van der Waals surface area contributed by atoms with Crippen LogP contribution in [0.25, 0.3) is 0 Å². The summed E-state index contributed by atoms with van der Waals surface area (Å²) >= 11 is 0. The molecule has 0 amide bonds. The van der Waals surface area contributed by atoms with Crippen molar-refractivity contribution in [2.45, 2.75) is 6.18 Å². The number of nitrogens with two attached hydrogens (primary N) is 2. The number of anilines is 1. The van der Waals surface area contributed by atoms with E-state index in [9.17, 15) is 13.2 Å². The fraction of sp³-hybridized carbons (Fsp3) is 0.222. The molecule has 0 unspecified atom stereocenters. The van der Waals surface area contributed by atoms with Gasteiger partial charge in [-0.2, -0.15) is 13.2 Å². The lowest BCUT2D eigenvalue weighted by Gasteiger charge is -2.08. The summed E-state index contributed by atoms with van der Waals surface area (Å²) in [7, 11) is 0. The molecule has 1 aromatic heterocycles. The van der Waals surface area contributed by atoms with Gasteiger partial charge in [-0.15, -0.1) is 0 Å². The van der Waals surface area contributed by atoms with Gasteiger partial charge in [0.1, 0.15) is 5.82 Å². The van der Waals surface area contributed by atoms with Crippen molar-refractivity contribution in [1.29, 1.82) is 0 Å². The summed E-state index contributed by atoms with van der Waals surface area (Å²) in [6.07, 6.45) is -3.34. The first kappa shape index (κ1) is 11.3. The summed E-state index contributed by atoms with van der Waals surface area (Å²) in [4.78, 5) is 3.41. The Hall–Kier alpha value is -1.74. The van der Waals surface area contributed by atoms with Crippen LogP contribution in [0.15, 0.2) is 12.3 Å². The van der Waals surface area contributed by atoms with Gasteiger partial charge in [-0.3, -0.25) is 0 Å². The average Bonchev–Trinajstić information content (AvgIpc) is 2.15. The van der Waals surface area contributed by atoms with Crippen LogP contribution in [-0.2, 0) is 6.18 Å². The van der Waals surface area contributed by atoms with Crippen LogP contribution >= 0.6 is 0 Å². The number of aromatic nitrogens is 1. The topological polar surface area (TPSA) is 64.9 Å². The molecule has 15 heavy (non-hydrogen) atoms. The molecule has 6 heteroatoms. The van der Waals surface area contributed by atoms with Crippen LogP contribution < -0.4 is 11.5 Å². The molecule has 0 saturated heterocycles. The lowest BCUT2D eigenvalue weighted by atomic mass is 10.2. The van der Waals surface area contributed by atoms with E-state index in [0.29, 0.717) is 0 Å². The molecule has 4 N–H and O–H groups in total. The predicted octanol–water partition coefficient (Wildman–Crippen LogP) is 0.993. The third-order valence-electron chi connectivity index (χ3n) is 1.56. The lowest BCUT2D eigenvalue weighted by Crippen LogP contribution is -2.10. The smallest absolute Gasteiger partial charge is 0.383 e. The number of halogens is 3. The maximum Gasteiger partial charge on any atom is 0.419 e. The minimum atomic E-state index is -4.52. The largest absolute Gasteiger partial charge is 0.419 e. The Morgan fingerprint density at radius 3 is 2.60 bits per heavy atom. The fourth-order valence-electron chi connectivity index (χ4n) is 0.924. The Balaban J connectivity index is 3.17. The fourth-order valence-corrected chi connectivity index (χ4v) is 0.924. The highest BCUT2D eigenvalue weighted by Gasteiger charge is 2.33. The second-order valence-corrected chi connectivity index (χ2v) is 2.66. The van der Waals surface area contributed by atoms with Crippen molar-refractivity contribution in [3.05, 3.63) is 23.4 Å². The highest BCUT2D eigenvalue weighted by molar-refractivity contribution is 5.47. The van der Waals surface area contributed by atoms with E-state index in [1.165, 1.54) is 6.20 Å². The SMILES string of the molecule is NCC#Cc1cnc(N)c(C(F)(F)F)c1. The van der Waals surface area contributed by atoms with Crippen molar-refractivity contribution in [2.24, 2.45) is 5.73 Å². The van der Waals surface area contributed by atoms with Gasteiger partial charge in [0.05, 0.1) is 12.1 Å². The highest BCUT2D eigenvalue weighted by Crippen LogP contribution is 2.32. The van der Waals surface area contributed by atoms with Gasteiger partial charge in [-0.25, -0.2) is 4.98 Å². The van der Waals surface area contributed by atoms with E-state index >= 15 is 0 Å². The third-order valence-corrected chi connectivity index (χ3v) is 1.56. The lowest BCUT2D eigenvalue weighted by molar-refractivity contribution is -0.137. The second-order valence-electron chi connectivity index (χ2n) is 2.66. The molecule has 0 atom stereocenters. The van der Waals surface area contributed by atoms with Gasteiger partial charge in [-0.05, 0) is 6.07 Å². The van der Waals surface area contributed by atoms with Crippen molar-refractivity contribution in [3.8, 4) is 11.8 Å². The van der Waals surface area contributed by atoms with E-state index in [1.807, 2.05) is 0 Å². The van der Waals surface area contributed by atoms with Crippen LogP contribution in [0.4, 0.5) is 19.0 Å². The normalized spacial score (nSPS) is 10.7. The number of hydrogen-bond acceptors (Lipinski definition) is 3. The van der Waals surface area contributed by atoms with E-state index < -0.39 is 17.6 Å². The highest BCUT2D eigenvalue weighted by atomic mass is 19.4. The van der Waals surface area contributed by atoms with E-state index in [1.54, 1.807) is 0 Å². The number of rotatable bonds is 0. The van der Waals surface area contributed by atoms with Gasteiger partial charge in [0.25, 0.3) is 0 Å². The Bertz CT molecular complexity index is 415. The first-order chi connectivity index (χ1) is 6.95. The zero-order chi connectivity index (χ0) is 11.5. The molecule has 1 rings (SSSR count). The molecule has 0 aromatic carbocycles. The van der Waals surface area contributed by atoms with Crippen molar-refractivity contribution >= 4 is 5.82 Å². The summed E-state index contributed by atoms with van der Waals surface area (Å²) in [6, 6.07) is 0.852. The van der Waals surface area contributed by atoms with Gasteiger partial charge in [-0.1, -0.05) is 11.8 Å². The molecule has 0 aliphatic heterocycles. The van der Waals surface area contributed by atoms with Crippen LogP contribution in [0.1, 0.15) is 11.1 Å². The molecule has 80 valence electrons. The van der Waals surface area contributed by atoms with Gasteiger partial charge >= 0.3 is 6.18 Å². The monoisotopic (exact) mass is 215 g/mol. The maximum absolute atomic E-state index is 12.4. The summed E-state index contributed by atoms with van der Waals surface area (Å²) in [5.41, 5.74) is 9.35. The molecular formula is C9H8F3N3. The Kier molecular flexibility index (Phi) is 3.17. The van der Waals surface area contributed by atoms with Crippen LogP contribution in [0.2, 0.25) is 0 Å². The number of pyridine rings is 1. The van der Waals surface area contributed by atoms with Crippen LogP contribution in [0.5, 0.6) is 0 Å². The van der Waals surface area contributed by atoms with Gasteiger partial charge in [0.2, 0.25) is 0 Å². The molecule has 1 heterocycles. The zero-order valence-corrected chi connectivity index (χ0v) is 7.60. The Morgan fingerprint density at radius 1 is 1.40 bits per heavy atom. The minimum Gasteiger partial charge on any atom is -0.383 e. The predicted molar refractivity (Wildman–Crippen MR) is 49.6 cm³/mol. The first-order valence-corrected chi connectivity index (χ1v) is 3.97. The molecule has 0 bridgehead atoms. The van der Waals surface area contributed by atoms with Crippen molar-refractivity contribution in [2.75, 3.05) is 12.3 Å². The molecule has 1 aromatic rings. The van der Waals surface area contributed by atoms with Crippen LogP contribution in [0.3, 0.4) is 0 Å². The van der Waals surface area contributed by atoms with E-state index in [-0.39, 0.29) is 12.1 Å². The van der Waals surface area contributed by atoms with Gasteiger partial charge < -0.3 is 11.5 Å². The molecule has 0 aliphatic carbocycles. The summed E-state index contributed by atoms with van der Waals surface area (Å²) in [5, 5.41) is 0. The first-order valence-electron chi connectivity index (χ1n) is 3.97. The molecule has 3 nitrogen and oxygen atoms in total. The minimum absolute atomic E-state index is 0.0751. The Morgan fingerprint density at radius 2 is 2.07 bits per heavy atom. The number of alkyl halides is 3. The van der Waals surface area contributed by atoms with Crippen LogP contribution in [-0.4, -0.2) is 11.5 Å². The molecular weight excluding hydrogens is 207 g/mol. The summed E-state index contributed by atoms with van der Waals surface area (Å²) in [5.74, 6) is 4.33. The number of hydrogen-bond donors (Lipinski definition) is 2. The molecule has 0 radical (unpaired) electrons. The average molecular weight is 215 g/mol.